The van der Waals surface area contributed by atoms with E-state index in [0.717, 1.165) is 31.9 Å². The molecular weight excluding hydrogens is 210 g/mol. The highest BCUT2D eigenvalue weighted by Crippen LogP contribution is 2.20. The van der Waals surface area contributed by atoms with Gasteiger partial charge in [-0.2, -0.15) is 12.6 Å². The summed E-state index contributed by atoms with van der Waals surface area (Å²) < 4.78 is 1.68. The molecule has 1 rings (SSSR count). The smallest absolute Gasteiger partial charge is 0.163 e. The van der Waals surface area contributed by atoms with E-state index in [1.165, 1.54) is 0 Å². The molecule has 0 bridgehead atoms. The lowest BCUT2D eigenvalue weighted by Crippen LogP contribution is -2.25. The number of nitrogens with zero attached hydrogens (tertiary/aromatic N) is 5. The van der Waals surface area contributed by atoms with Crippen molar-refractivity contribution in [3.63, 3.8) is 0 Å². The van der Waals surface area contributed by atoms with Gasteiger partial charge in [0.15, 0.2) is 5.82 Å². The van der Waals surface area contributed by atoms with Crippen molar-refractivity contribution in [2.24, 2.45) is 7.05 Å². The maximum absolute atomic E-state index is 4.52. The van der Waals surface area contributed by atoms with E-state index in [2.05, 4.69) is 46.9 Å². The predicted molar refractivity (Wildman–Crippen MR) is 62.9 cm³/mol. The topological polar surface area (TPSA) is 46.8 Å². The van der Waals surface area contributed by atoms with Crippen molar-refractivity contribution in [3.05, 3.63) is 5.82 Å². The van der Waals surface area contributed by atoms with Crippen LogP contribution in [0.3, 0.4) is 0 Å². The lowest BCUT2D eigenvalue weighted by molar-refractivity contribution is 0.298. The predicted octanol–water partition coefficient (Wildman–Crippen LogP) is 0.913. The summed E-state index contributed by atoms with van der Waals surface area (Å²) in [5.41, 5.74) is 0. The van der Waals surface area contributed by atoms with Crippen molar-refractivity contribution in [3.8, 4) is 0 Å². The molecule has 0 aliphatic heterocycles. The number of tetrazole rings is 1. The van der Waals surface area contributed by atoms with Gasteiger partial charge in [0.1, 0.15) is 0 Å². The number of hydrogen-bond acceptors (Lipinski definition) is 5. The Balaban J connectivity index is 2.42. The highest BCUT2D eigenvalue weighted by Gasteiger charge is 2.14. The summed E-state index contributed by atoms with van der Waals surface area (Å²) in [6, 6.07) is 0. The van der Waals surface area contributed by atoms with E-state index in [0.29, 0.717) is 0 Å². The molecule has 1 atom stereocenters. The second kappa shape index (κ2) is 6.07. The molecule has 0 saturated carbocycles. The van der Waals surface area contributed by atoms with Gasteiger partial charge in [-0.05, 0) is 36.5 Å². The Kier molecular flexibility index (Phi) is 5.04. The number of rotatable bonds is 6. The lowest BCUT2D eigenvalue weighted by Gasteiger charge is -2.19. The van der Waals surface area contributed by atoms with Crippen LogP contribution in [-0.2, 0) is 7.05 Å². The van der Waals surface area contributed by atoms with Crippen LogP contribution in [0.15, 0.2) is 0 Å². The molecule has 0 N–H and O–H groups in total. The summed E-state index contributed by atoms with van der Waals surface area (Å²) in [4.78, 5) is 2.37. The van der Waals surface area contributed by atoms with E-state index >= 15 is 0 Å². The van der Waals surface area contributed by atoms with Gasteiger partial charge in [0.25, 0.3) is 0 Å². The maximum Gasteiger partial charge on any atom is 0.163 e. The van der Waals surface area contributed by atoms with Crippen LogP contribution in [0.4, 0.5) is 0 Å². The number of hydrogen-bond donors (Lipinski definition) is 1. The molecule has 1 unspecified atom stereocenters. The first-order chi connectivity index (χ1) is 7.19. The van der Waals surface area contributed by atoms with Crippen molar-refractivity contribution in [1.29, 1.82) is 0 Å². The summed E-state index contributed by atoms with van der Waals surface area (Å²) in [5, 5.41) is 11.5. The van der Waals surface area contributed by atoms with Gasteiger partial charge in [-0.1, -0.05) is 13.8 Å². The van der Waals surface area contributed by atoms with Crippen LogP contribution in [0.1, 0.15) is 31.3 Å². The first-order valence-electron chi connectivity index (χ1n) is 5.31. The van der Waals surface area contributed by atoms with E-state index in [-0.39, 0.29) is 5.25 Å². The zero-order chi connectivity index (χ0) is 11.3. The number of aromatic nitrogens is 4. The third kappa shape index (κ3) is 3.46. The van der Waals surface area contributed by atoms with Gasteiger partial charge >= 0.3 is 0 Å². The average molecular weight is 229 g/mol. The van der Waals surface area contributed by atoms with E-state index in [1.54, 1.807) is 4.68 Å². The van der Waals surface area contributed by atoms with Crippen LogP contribution in [0, 0.1) is 0 Å². The molecule has 0 saturated heterocycles. The molecule has 1 aromatic rings. The van der Waals surface area contributed by atoms with Crippen LogP contribution in [0.5, 0.6) is 0 Å². The molecule has 0 aliphatic rings. The molecule has 1 aromatic heterocycles. The molecule has 6 heteroatoms. The van der Waals surface area contributed by atoms with Gasteiger partial charge in [0.2, 0.25) is 0 Å². The zero-order valence-electron chi connectivity index (χ0n) is 9.59. The molecular formula is C9H19N5S. The standard InChI is InChI=1S/C9H19N5S/c1-4-14(5-2)7-6-8(15)9-10-11-12-13(9)3/h8,15H,4-7H2,1-3H3. The van der Waals surface area contributed by atoms with Crippen molar-refractivity contribution in [2.75, 3.05) is 19.6 Å². The van der Waals surface area contributed by atoms with Crippen LogP contribution in [0.2, 0.25) is 0 Å². The monoisotopic (exact) mass is 229 g/mol. The second-order valence-corrected chi connectivity index (χ2v) is 4.12. The van der Waals surface area contributed by atoms with E-state index in [4.69, 9.17) is 0 Å². The highest BCUT2D eigenvalue weighted by atomic mass is 32.1. The minimum absolute atomic E-state index is 0.116. The fourth-order valence-corrected chi connectivity index (χ4v) is 1.83. The van der Waals surface area contributed by atoms with E-state index in [9.17, 15) is 0 Å². The molecule has 15 heavy (non-hydrogen) atoms. The van der Waals surface area contributed by atoms with Crippen molar-refractivity contribution in [1.82, 2.24) is 25.1 Å². The van der Waals surface area contributed by atoms with Crippen LogP contribution < -0.4 is 0 Å². The average Bonchev–Trinajstić information content (AvgIpc) is 2.66. The quantitative estimate of drug-likeness (QED) is 0.737. The summed E-state index contributed by atoms with van der Waals surface area (Å²) in [6.07, 6.45) is 0.971. The Bertz CT molecular complexity index is 284. The summed E-state index contributed by atoms with van der Waals surface area (Å²) in [7, 11) is 1.84. The molecule has 0 radical (unpaired) electrons. The number of thiol groups is 1. The zero-order valence-corrected chi connectivity index (χ0v) is 10.5. The minimum atomic E-state index is 0.116. The normalized spacial score (nSPS) is 13.4. The lowest BCUT2D eigenvalue weighted by atomic mass is 10.2. The molecule has 0 amide bonds. The fraction of sp³-hybridized carbons (Fsp3) is 0.889. The van der Waals surface area contributed by atoms with E-state index < -0.39 is 0 Å². The van der Waals surface area contributed by atoms with Gasteiger partial charge in [-0.15, -0.1) is 5.10 Å². The van der Waals surface area contributed by atoms with Crippen LogP contribution in [-0.4, -0.2) is 44.7 Å². The molecule has 5 nitrogen and oxygen atoms in total. The highest BCUT2D eigenvalue weighted by molar-refractivity contribution is 7.80. The summed E-state index contributed by atoms with van der Waals surface area (Å²) in [6.45, 7) is 7.53. The first kappa shape index (κ1) is 12.4. The van der Waals surface area contributed by atoms with Crippen molar-refractivity contribution < 1.29 is 0 Å². The Morgan fingerprint density at radius 3 is 2.53 bits per heavy atom. The Morgan fingerprint density at radius 2 is 2.07 bits per heavy atom. The molecule has 0 aromatic carbocycles. The van der Waals surface area contributed by atoms with Crippen molar-refractivity contribution >= 4 is 12.6 Å². The van der Waals surface area contributed by atoms with Gasteiger partial charge in [0, 0.05) is 7.05 Å². The third-order valence-electron chi connectivity index (χ3n) is 2.56. The SMILES string of the molecule is CCN(CC)CCC(S)c1nnnn1C. The largest absolute Gasteiger partial charge is 0.304 e. The second-order valence-electron chi connectivity index (χ2n) is 3.49. The molecule has 0 fully saturated rings. The van der Waals surface area contributed by atoms with Gasteiger partial charge < -0.3 is 4.90 Å². The molecule has 0 aliphatic carbocycles. The molecule has 0 spiro atoms. The Morgan fingerprint density at radius 1 is 1.40 bits per heavy atom. The maximum atomic E-state index is 4.52. The van der Waals surface area contributed by atoms with Crippen LogP contribution in [0.25, 0.3) is 0 Å². The van der Waals surface area contributed by atoms with Crippen molar-refractivity contribution in [2.45, 2.75) is 25.5 Å². The van der Waals surface area contributed by atoms with Gasteiger partial charge in [0.05, 0.1) is 5.25 Å². The minimum Gasteiger partial charge on any atom is -0.304 e. The Hall–Kier alpha value is -0.620. The van der Waals surface area contributed by atoms with E-state index in [1.807, 2.05) is 7.05 Å². The molecule has 86 valence electrons. The number of aryl methyl sites for hydroxylation is 1. The fourth-order valence-electron chi connectivity index (χ4n) is 1.49. The van der Waals surface area contributed by atoms with Crippen LogP contribution >= 0.6 is 12.6 Å². The third-order valence-corrected chi connectivity index (χ3v) is 3.05. The molecule has 1 heterocycles. The van der Waals surface area contributed by atoms with Gasteiger partial charge in [-0.25, -0.2) is 4.68 Å². The summed E-state index contributed by atoms with van der Waals surface area (Å²) >= 11 is 4.52. The first-order valence-corrected chi connectivity index (χ1v) is 5.83. The van der Waals surface area contributed by atoms with Gasteiger partial charge in [-0.3, -0.25) is 0 Å². The summed E-state index contributed by atoms with van der Waals surface area (Å²) in [5.74, 6) is 0.838. The Labute approximate surface area is 96.2 Å².